The average molecular weight is 1450 g/mol. The molecule has 0 heterocycles. The quantitative estimate of drug-likeness (QED) is 0.0169. The maximum Gasteiger partial charge on any atom is 0.472 e. The summed E-state index contributed by atoms with van der Waals surface area (Å²) in [5, 5.41) is 10.6. The van der Waals surface area contributed by atoms with Crippen LogP contribution in [0.4, 0.5) is 0 Å². The Balaban J connectivity index is 5.41. The van der Waals surface area contributed by atoms with Gasteiger partial charge < -0.3 is 33.8 Å². The van der Waals surface area contributed by atoms with E-state index < -0.39 is 97.5 Å². The van der Waals surface area contributed by atoms with Crippen LogP contribution in [0.1, 0.15) is 310 Å². The Kier molecular flexibility index (Phi) is 69.5. The number of aliphatic hydroxyl groups is 1. The van der Waals surface area contributed by atoms with Gasteiger partial charge in [-0.15, -0.1) is 0 Å². The standard InChI is InChI=1S/C81H138O17P2/c1-5-9-13-17-21-25-29-33-35-36-37-38-40-44-46-50-54-58-62-66-79(84)92-72-77(98-81(86)68-64-60-56-52-48-42-32-28-24-20-16-12-8-4)74-96-100(89,90)94-70-75(82)69-93-99(87,88)95-73-76(97-80(85)67-63-59-55-51-47-41-31-27-23-19-15-11-7-3)71-91-78(83)65-61-57-53-49-45-43-39-34-30-26-22-18-14-10-6-2/h9,13,15,19,21,25,27-28,31-35,37-39,44,46,54,58,75-77,82H,5-8,10-12,14,16-18,20,22-24,26,29-30,36,40-43,45,47-53,55-57,59-74H2,1-4H3,(H,87,88)(H,89,90)/b13-9-,19-15-,25-21-,31-27-,32-28-,35-33-,38-37-,39-34-,46-44-,58-54-. The van der Waals surface area contributed by atoms with E-state index in [1.165, 1.54) is 64.2 Å². The van der Waals surface area contributed by atoms with Gasteiger partial charge >= 0.3 is 39.5 Å². The molecule has 5 unspecified atom stereocenters. The Morgan fingerprint density at radius 2 is 0.560 bits per heavy atom. The van der Waals surface area contributed by atoms with E-state index in [1.54, 1.807) is 0 Å². The normalized spacial score (nSPS) is 14.6. The van der Waals surface area contributed by atoms with Crippen molar-refractivity contribution < 1.29 is 80.2 Å². The van der Waals surface area contributed by atoms with Gasteiger partial charge in [0.2, 0.25) is 0 Å². The minimum Gasteiger partial charge on any atom is -0.462 e. The van der Waals surface area contributed by atoms with Gasteiger partial charge in [0.05, 0.1) is 26.4 Å². The van der Waals surface area contributed by atoms with Crippen molar-refractivity contribution in [3.8, 4) is 0 Å². The lowest BCUT2D eigenvalue weighted by Crippen LogP contribution is -2.30. The molecule has 0 aromatic rings. The summed E-state index contributed by atoms with van der Waals surface area (Å²) in [6.07, 6.45) is 79.2. The first-order chi connectivity index (χ1) is 48.7. The molecule has 574 valence electrons. The number of rotatable bonds is 72. The summed E-state index contributed by atoms with van der Waals surface area (Å²) in [5.41, 5.74) is 0. The van der Waals surface area contributed by atoms with Gasteiger partial charge in [-0.2, -0.15) is 0 Å². The molecule has 0 aromatic carbocycles. The van der Waals surface area contributed by atoms with Gasteiger partial charge in [0.1, 0.15) is 19.3 Å². The molecule has 0 saturated carbocycles. The molecule has 0 aliphatic heterocycles. The van der Waals surface area contributed by atoms with Gasteiger partial charge in [-0.25, -0.2) is 9.13 Å². The number of phosphoric acid groups is 2. The smallest absolute Gasteiger partial charge is 0.462 e. The fourth-order valence-electron chi connectivity index (χ4n) is 9.98. The number of hydrogen-bond acceptors (Lipinski definition) is 15. The lowest BCUT2D eigenvalue weighted by Gasteiger charge is -2.21. The molecule has 0 spiro atoms. The summed E-state index contributed by atoms with van der Waals surface area (Å²) < 4.78 is 68.4. The van der Waals surface area contributed by atoms with Crippen molar-refractivity contribution in [3.05, 3.63) is 122 Å². The van der Waals surface area contributed by atoms with Gasteiger partial charge in [0.15, 0.2) is 12.2 Å². The second kappa shape index (κ2) is 72.8. The Bertz CT molecular complexity index is 2370. The van der Waals surface area contributed by atoms with Crippen molar-refractivity contribution in [2.45, 2.75) is 329 Å². The van der Waals surface area contributed by atoms with Gasteiger partial charge in [-0.1, -0.05) is 265 Å². The van der Waals surface area contributed by atoms with E-state index in [0.717, 1.165) is 161 Å². The largest absolute Gasteiger partial charge is 0.472 e. The fraction of sp³-hybridized carbons (Fsp3) is 0.704. The maximum absolute atomic E-state index is 13.1. The van der Waals surface area contributed by atoms with Crippen LogP contribution in [-0.4, -0.2) is 96.7 Å². The van der Waals surface area contributed by atoms with Gasteiger partial charge in [0.25, 0.3) is 0 Å². The van der Waals surface area contributed by atoms with Gasteiger partial charge in [-0.3, -0.25) is 37.3 Å². The summed E-state index contributed by atoms with van der Waals surface area (Å²) in [4.78, 5) is 72.8. The number of unbranched alkanes of at least 4 members (excludes halogenated alkanes) is 26. The van der Waals surface area contributed by atoms with E-state index in [4.69, 9.17) is 37.0 Å². The molecule has 0 bridgehead atoms. The Morgan fingerprint density at radius 1 is 0.290 bits per heavy atom. The highest BCUT2D eigenvalue weighted by Gasteiger charge is 2.30. The maximum atomic E-state index is 13.1. The molecule has 0 aliphatic rings. The lowest BCUT2D eigenvalue weighted by atomic mass is 10.1. The van der Waals surface area contributed by atoms with E-state index >= 15 is 0 Å². The molecule has 19 heteroatoms. The molecular weight excluding hydrogens is 1310 g/mol. The first-order valence-corrected chi connectivity index (χ1v) is 41.8. The summed E-state index contributed by atoms with van der Waals surface area (Å²) in [5.74, 6) is -2.30. The van der Waals surface area contributed by atoms with E-state index in [2.05, 4.69) is 131 Å². The molecule has 0 rings (SSSR count). The van der Waals surface area contributed by atoms with Crippen molar-refractivity contribution in [3.63, 3.8) is 0 Å². The fourth-order valence-corrected chi connectivity index (χ4v) is 11.6. The zero-order chi connectivity index (χ0) is 73.2. The zero-order valence-electron chi connectivity index (χ0n) is 62.6. The Labute approximate surface area is 606 Å². The third-order valence-electron chi connectivity index (χ3n) is 15.9. The molecule has 17 nitrogen and oxygen atoms in total. The van der Waals surface area contributed by atoms with E-state index in [1.807, 2.05) is 18.2 Å². The molecule has 0 radical (unpaired) electrons. The SMILES string of the molecule is CC/C=C\C/C=C\C/C=C\C/C=C\C/C=C\C/C=C\CCC(=O)OCC(COP(=O)(O)OCC(O)COP(=O)(O)OCC(COC(=O)CCCCCCC/C=C\CCCCCCCC)OC(=O)CCCCCCC/C=C\C/C=C\CCC)OC(=O)CCCCCCC/C=C\CCCCCC. The first kappa shape index (κ1) is 95.5. The first-order valence-electron chi connectivity index (χ1n) is 38.8. The molecule has 0 amide bonds. The lowest BCUT2D eigenvalue weighted by molar-refractivity contribution is -0.161. The number of allylic oxidation sites excluding steroid dienone is 20. The van der Waals surface area contributed by atoms with Gasteiger partial charge in [-0.05, 0) is 141 Å². The molecule has 0 aliphatic carbocycles. The number of hydrogen-bond donors (Lipinski definition) is 3. The molecule has 3 N–H and O–H groups in total. The van der Waals surface area contributed by atoms with Crippen LogP contribution in [0.25, 0.3) is 0 Å². The van der Waals surface area contributed by atoms with Crippen LogP contribution < -0.4 is 0 Å². The molecule has 0 aromatic heterocycles. The number of phosphoric ester groups is 2. The summed E-state index contributed by atoms with van der Waals surface area (Å²) >= 11 is 0. The molecule has 0 saturated heterocycles. The molecular formula is C81H138O17P2. The molecule has 100 heavy (non-hydrogen) atoms. The average Bonchev–Trinajstić information content (AvgIpc) is 0.935. The van der Waals surface area contributed by atoms with Crippen molar-refractivity contribution in [2.24, 2.45) is 0 Å². The van der Waals surface area contributed by atoms with Crippen molar-refractivity contribution >= 4 is 39.5 Å². The van der Waals surface area contributed by atoms with Crippen LogP contribution in [0, 0.1) is 0 Å². The Morgan fingerprint density at radius 3 is 0.920 bits per heavy atom. The van der Waals surface area contributed by atoms with Crippen molar-refractivity contribution in [2.75, 3.05) is 39.6 Å². The van der Waals surface area contributed by atoms with Gasteiger partial charge in [0, 0.05) is 25.7 Å². The van der Waals surface area contributed by atoms with E-state index in [9.17, 15) is 43.2 Å². The van der Waals surface area contributed by atoms with Crippen LogP contribution in [0.3, 0.4) is 0 Å². The van der Waals surface area contributed by atoms with Crippen LogP contribution in [0.5, 0.6) is 0 Å². The summed E-state index contributed by atoms with van der Waals surface area (Å²) in [7, 11) is -9.98. The van der Waals surface area contributed by atoms with Crippen molar-refractivity contribution in [1.82, 2.24) is 0 Å². The Hall–Kier alpha value is -4.54. The number of carbonyl (C=O) groups excluding carboxylic acids is 4. The highest BCUT2D eigenvalue weighted by Crippen LogP contribution is 2.45. The second-order valence-electron chi connectivity index (χ2n) is 25.6. The van der Waals surface area contributed by atoms with Crippen LogP contribution >= 0.6 is 15.6 Å². The van der Waals surface area contributed by atoms with Crippen LogP contribution in [0.2, 0.25) is 0 Å². The highest BCUT2D eigenvalue weighted by molar-refractivity contribution is 7.47. The third kappa shape index (κ3) is 71.8. The number of aliphatic hydroxyl groups excluding tert-OH is 1. The molecule has 0 fully saturated rings. The second-order valence-corrected chi connectivity index (χ2v) is 28.5. The molecule has 5 atom stereocenters. The minimum absolute atomic E-state index is 0.0325. The monoisotopic (exact) mass is 1440 g/mol. The summed E-state index contributed by atoms with van der Waals surface area (Å²) in [6.45, 7) is 4.56. The predicted octanol–water partition coefficient (Wildman–Crippen LogP) is 22.3. The highest BCUT2D eigenvalue weighted by atomic mass is 31.2. The number of carbonyl (C=O) groups is 4. The number of esters is 4. The minimum atomic E-state index is -4.99. The van der Waals surface area contributed by atoms with E-state index in [0.29, 0.717) is 32.1 Å². The predicted molar refractivity (Wildman–Crippen MR) is 408 cm³/mol. The topological polar surface area (TPSA) is 237 Å². The van der Waals surface area contributed by atoms with Crippen molar-refractivity contribution in [1.29, 1.82) is 0 Å². The van der Waals surface area contributed by atoms with E-state index in [-0.39, 0.29) is 25.7 Å². The van der Waals surface area contributed by atoms with Crippen LogP contribution in [-0.2, 0) is 65.4 Å². The number of ether oxygens (including phenoxy) is 4. The summed E-state index contributed by atoms with van der Waals surface area (Å²) in [6, 6.07) is 0. The van der Waals surface area contributed by atoms with Crippen LogP contribution in [0.15, 0.2) is 122 Å². The zero-order valence-corrected chi connectivity index (χ0v) is 64.4. The third-order valence-corrected chi connectivity index (χ3v) is 17.8.